The van der Waals surface area contributed by atoms with Crippen molar-refractivity contribution in [3.63, 3.8) is 0 Å². The number of halogens is 3. The van der Waals surface area contributed by atoms with Crippen LogP contribution in [0.15, 0.2) is 11.6 Å². The molecule has 0 aromatic heterocycles. The summed E-state index contributed by atoms with van der Waals surface area (Å²) in [6, 6.07) is 0. The fourth-order valence-corrected chi connectivity index (χ4v) is 2.78. The lowest BCUT2D eigenvalue weighted by Crippen LogP contribution is -2.37. The van der Waals surface area contributed by atoms with Gasteiger partial charge in [-0.2, -0.15) is 13.2 Å². The summed E-state index contributed by atoms with van der Waals surface area (Å²) in [6.45, 7) is 3.19. The zero-order chi connectivity index (χ0) is 16.9. The third kappa shape index (κ3) is 4.74. The van der Waals surface area contributed by atoms with Gasteiger partial charge in [0.2, 0.25) is 11.8 Å². The van der Waals surface area contributed by atoms with Gasteiger partial charge in [-0.3, -0.25) is 9.59 Å². The van der Waals surface area contributed by atoms with Crippen LogP contribution in [0.1, 0.15) is 39.5 Å². The van der Waals surface area contributed by atoms with Gasteiger partial charge in [0.15, 0.2) is 0 Å². The number of nitrogens with zero attached hydrogens (tertiary/aromatic N) is 1. The van der Waals surface area contributed by atoms with Crippen molar-refractivity contribution in [1.29, 1.82) is 0 Å². The van der Waals surface area contributed by atoms with Crippen LogP contribution in [0.2, 0.25) is 0 Å². The number of amides is 2. The maximum atomic E-state index is 13.0. The standard InChI is InChI=1S/C15H23F3N2O2/c1-3-5-10(6-4-2)7-13(21)20-8-11(14(19)22)12(9-20)15(16,17)18/h7,11-12H,3-6,8-9H2,1-2H3,(H2,19,22)/t11-,12-/m1/s1. The molecule has 0 aromatic rings. The van der Waals surface area contributed by atoms with Crippen molar-refractivity contribution in [3.05, 3.63) is 11.6 Å². The van der Waals surface area contributed by atoms with Gasteiger partial charge in [-0.05, 0) is 12.8 Å². The van der Waals surface area contributed by atoms with Crippen LogP contribution < -0.4 is 5.73 Å². The summed E-state index contributed by atoms with van der Waals surface area (Å²) in [7, 11) is 0. The Morgan fingerprint density at radius 3 is 2.09 bits per heavy atom. The Morgan fingerprint density at radius 2 is 1.73 bits per heavy atom. The van der Waals surface area contributed by atoms with Crippen LogP contribution in [0, 0.1) is 11.8 Å². The van der Waals surface area contributed by atoms with E-state index in [9.17, 15) is 22.8 Å². The highest BCUT2D eigenvalue weighted by Gasteiger charge is 2.52. The van der Waals surface area contributed by atoms with Crippen molar-refractivity contribution in [2.45, 2.75) is 45.7 Å². The second-order valence-corrected chi connectivity index (χ2v) is 5.70. The Bertz CT molecular complexity index is 439. The van der Waals surface area contributed by atoms with Gasteiger partial charge >= 0.3 is 6.18 Å². The molecule has 0 unspecified atom stereocenters. The summed E-state index contributed by atoms with van der Waals surface area (Å²) in [5, 5.41) is 0. The van der Waals surface area contributed by atoms with E-state index in [2.05, 4.69) is 0 Å². The summed E-state index contributed by atoms with van der Waals surface area (Å²) in [5.74, 6) is -4.71. The van der Waals surface area contributed by atoms with Gasteiger partial charge in [0.1, 0.15) is 0 Å². The summed E-state index contributed by atoms with van der Waals surface area (Å²) < 4.78 is 38.9. The Morgan fingerprint density at radius 1 is 1.18 bits per heavy atom. The molecule has 0 aromatic carbocycles. The molecule has 1 heterocycles. The molecule has 22 heavy (non-hydrogen) atoms. The lowest BCUT2D eigenvalue weighted by molar-refractivity contribution is -0.182. The minimum Gasteiger partial charge on any atom is -0.369 e. The maximum Gasteiger partial charge on any atom is 0.394 e. The molecule has 0 bridgehead atoms. The molecule has 1 fully saturated rings. The molecule has 0 saturated carbocycles. The average molecular weight is 320 g/mol. The largest absolute Gasteiger partial charge is 0.394 e. The molecular formula is C15H23F3N2O2. The van der Waals surface area contributed by atoms with Crippen LogP contribution in [0.25, 0.3) is 0 Å². The maximum absolute atomic E-state index is 13.0. The quantitative estimate of drug-likeness (QED) is 0.765. The Balaban J connectivity index is 2.87. The molecule has 1 aliphatic rings. The third-order valence-electron chi connectivity index (χ3n) is 3.89. The van der Waals surface area contributed by atoms with Crippen molar-refractivity contribution >= 4 is 11.8 Å². The van der Waals surface area contributed by atoms with E-state index in [4.69, 9.17) is 5.73 Å². The first-order valence-electron chi connectivity index (χ1n) is 7.55. The van der Waals surface area contributed by atoms with Crippen LogP contribution in [0.4, 0.5) is 13.2 Å². The van der Waals surface area contributed by atoms with Crippen molar-refractivity contribution in [3.8, 4) is 0 Å². The van der Waals surface area contributed by atoms with Gasteiger partial charge < -0.3 is 10.6 Å². The number of hydrogen-bond acceptors (Lipinski definition) is 2. The molecule has 7 heteroatoms. The van der Waals surface area contributed by atoms with Gasteiger partial charge in [0, 0.05) is 19.2 Å². The first kappa shape index (κ1) is 18.5. The predicted molar refractivity (Wildman–Crippen MR) is 76.7 cm³/mol. The van der Waals surface area contributed by atoms with Gasteiger partial charge in [0.05, 0.1) is 11.8 Å². The zero-order valence-electron chi connectivity index (χ0n) is 12.9. The molecule has 0 radical (unpaired) electrons. The number of allylic oxidation sites excluding steroid dienone is 1. The molecular weight excluding hydrogens is 297 g/mol. The van der Waals surface area contributed by atoms with Crippen molar-refractivity contribution in [2.24, 2.45) is 17.6 Å². The predicted octanol–water partition coefficient (Wildman–Crippen LogP) is 2.64. The topological polar surface area (TPSA) is 63.4 Å². The van der Waals surface area contributed by atoms with E-state index in [1.54, 1.807) is 0 Å². The van der Waals surface area contributed by atoms with E-state index in [0.29, 0.717) is 0 Å². The van der Waals surface area contributed by atoms with E-state index in [1.807, 2.05) is 13.8 Å². The first-order chi connectivity index (χ1) is 10.2. The molecule has 1 aliphatic heterocycles. The average Bonchev–Trinajstić information content (AvgIpc) is 2.84. The van der Waals surface area contributed by atoms with Crippen LogP contribution in [-0.4, -0.2) is 36.0 Å². The van der Waals surface area contributed by atoms with Gasteiger partial charge in [0.25, 0.3) is 0 Å². The third-order valence-corrected chi connectivity index (χ3v) is 3.89. The van der Waals surface area contributed by atoms with Crippen molar-refractivity contribution < 1.29 is 22.8 Å². The Kier molecular flexibility index (Phi) is 6.44. The van der Waals surface area contributed by atoms with Gasteiger partial charge in [-0.25, -0.2) is 0 Å². The Hall–Kier alpha value is -1.53. The number of nitrogens with two attached hydrogens (primary N) is 1. The highest BCUT2D eigenvalue weighted by Crippen LogP contribution is 2.37. The fourth-order valence-electron chi connectivity index (χ4n) is 2.78. The normalized spacial score (nSPS) is 21.8. The van der Waals surface area contributed by atoms with Gasteiger partial charge in [-0.15, -0.1) is 0 Å². The zero-order valence-corrected chi connectivity index (χ0v) is 12.9. The summed E-state index contributed by atoms with van der Waals surface area (Å²) >= 11 is 0. The monoisotopic (exact) mass is 320 g/mol. The molecule has 0 aliphatic carbocycles. The molecule has 2 N–H and O–H groups in total. The van der Waals surface area contributed by atoms with E-state index in [-0.39, 0.29) is 6.54 Å². The number of carbonyl (C=O) groups is 2. The fraction of sp³-hybridized carbons (Fsp3) is 0.733. The molecule has 1 rings (SSSR count). The van der Waals surface area contributed by atoms with Crippen LogP contribution in [-0.2, 0) is 9.59 Å². The van der Waals surface area contributed by atoms with Crippen LogP contribution >= 0.6 is 0 Å². The number of alkyl halides is 3. The number of rotatable bonds is 6. The van der Waals surface area contributed by atoms with Crippen LogP contribution in [0.3, 0.4) is 0 Å². The summed E-state index contributed by atoms with van der Waals surface area (Å²) in [4.78, 5) is 24.5. The molecule has 2 atom stereocenters. The Labute approximate surface area is 128 Å². The number of hydrogen-bond donors (Lipinski definition) is 1. The number of primary amides is 1. The SMILES string of the molecule is CCCC(=CC(=O)N1C[C@@H](C(F)(F)F)[C@H](C(N)=O)C1)CCC. The highest BCUT2D eigenvalue weighted by atomic mass is 19.4. The molecule has 4 nitrogen and oxygen atoms in total. The van der Waals surface area contributed by atoms with E-state index in [1.165, 1.54) is 6.08 Å². The van der Waals surface area contributed by atoms with Crippen molar-refractivity contribution in [2.75, 3.05) is 13.1 Å². The molecule has 126 valence electrons. The second kappa shape index (κ2) is 7.65. The van der Waals surface area contributed by atoms with Crippen molar-refractivity contribution in [1.82, 2.24) is 4.90 Å². The number of carbonyl (C=O) groups excluding carboxylic acids is 2. The second-order valence-electron chi connectivity index (χ2n) is 5.70. The smallest absolute Gasteiger partial charge is 0.369 e. The van der Waals surface area contributed by atoms with E-state index < -0.39 is 36.4 Å². The minimum absolute atomic E-state index is 0.264. The van der Waals surface area contributed by atoms with Crippen LogP contribution in [0.5, 0.6) is 0 Å². The lowest BCUT2D eigenvalue weighted by Gasteiger charge is -2.18. The van der Waals surface area contributed by atoms with Gasteiger partial charge in [-0.1, -0.05) is 32.3 Å². The lowest BCUT2D eigenvalue weighted by atomic mass is 9.95. The summed E-state index contributed by atoms with van der Waals surface area (Å²) in [6.07, 6.45) is 0.116. The molecule has 1 saturated heterocycles. The number of likely N-dealkylation sites (tertiary alicyclic amines) is 1. The first-order valence-corrected chi connectivity index (χ1v) is 7.55. The molecule has 0 spiro atoms. The van der Waals surface area contributed by atoms with E-state index >= 15 is 0 Å². The molecule has 2 amide bonds. The highest BCUT2D eigenvalue weighted by molar-refractivity contribution is 5.89. The minimum atomic E-state index is -4.53. The summed E-state index contributed by atoms with van der Waals surface area (Å²) in [5.41, 5.74) is 5.98. The van der Waals surface area contributed by atoms with E-state index in [0.717, 1.165) is 36.2 Å².